The highest BCUT2D eigenvalue weighted by molar-refractivity contribution is 7.90. The van der Waals surface area contributed by atoms with Gasteiger partial charge in [-0.3, -0.25) is 19.1 Å². The van der Waals surface area contributed by atoms with E-state index in [2.05, 4.69) is 31.9 Å². The Morgan fingerprint density at radius 1 is 1.06 bits per heavy atom. The van der Waals surface area contributed by atoms with Crippen molar-refractivity contribution in [1.29, 1.82) is 0 Å². The van der Waals surface area contributed by atoms with Crippen molar-refractivity contribution in [2.24, 2.45) is 5.41 Å². The van der Waals surface area contributed by atoms with E-state index < -0.39 is 73.8 Å². The lowest BCUT2D eigenvalue weighted by Gasteiger charge is -2.36. The number of hydrogen-bond acceptors (Lipinski definition) is 10. The smallest absolute Gasteiger partial charge is 0.408 e. The average Bonchev–Trinajstić information content (AvgIpc) is 3.75. The first-order valence-corrected chi connectivity index (χ1v) is 17.4. The maximum absolute atomic E-state index is 14.3. The average molecular weight is 687 g/mol. The zero-order valence-electron chi connectivity index (χ0n) is 28.5. The predicted octanol–water partition coefficient (Wildman–Crippen LogP) is 2.98. The van der Waals surface area contributed by atoms with Crippen LogP contribution in [0, 0.1) is 5.41 Å². The summed E-state index contributed by atoms with van der Waals surface area (Å²) in [5, 5.41) is 4.70. The van der Waals surface area contributed by atoms with Crippen molar-refractivity contribution in [2.45, 2.75) is 109 Å². The number of ether oxygens (including phenoxy) is 2. The monoisotopic (exact) mass is 686 g/mol. The van der Waals surface area contributed by atoms with Crippen LogP contribution in [0.5, 0.6) is 5.88 Å². The largest absolute Gasteiger partial charge is 0.471 e. The Balaban J connectivity index is 1.63. The van der Waals surface area contributed by atoms with Gasteiger partial charge in [-0.15, -0.1) is 6.58 Å². The summed E-state index contributed by atoms with van der Waals surface area (Å²) in [6.45, 7) is 15.4. The number of rotatable bonds is 11. The Morgan fingerprint density at radius 2 is 1.71 bits per heavy atom. The Bertz CT molecular complexity index is 1680. The van der Waals surface area contributed by atoms with Gasteiger partial charge in [0.25, 0.3) is 5.91 Å². The third-order valence-corrected chi connectivity index (χ3v) is 9.81. The highest BCUT2D eigenvalue weighted by Crippen LogP contribution is 2.30. The van der Waals surface area contributed by atoms with Crippen LogP contribution < -0.4 is 20.1 Å². The molecule has 48 heavy (non-hydrogen) atoms. The molecule has 1 aliphatic heterocycles. The first-order valence-electron chi connectivity index (χ1n) is 15.9. The molecule has 4 unspecified atom stereocenters. The first-order chi connectivity index (χ1) is 22.2. The molecule has 1 saturated carbocycles. The molecule has 1 aromatic heterocycles. The maximum Gasteiger partial charge on any atom is 0.408 e. The van der Waals surface area contributed by atoms with E-state index in [0.717, 1.165) is 0 Å². The molecule has 3 N–H and O–H groups in total. The normalized spacial score (nSPS) is 20.3. The number of alkyl carbamates (subject to hydrolysis) is 1. The fraction of sp³-hybridized carbons (Fsp3) is 0.576. The summed E-state index contributed by atoms with van der Waals surface area (Å²) in [7, 11) is -3.91. The number of benzene rings is 1. The Hall–Kier alpha value is -4.27. The van der Waals surface area contributed by atoms with E-state index in [0.29, 0.717) is 23.9 Å². The SMILES string of the molecule is C=CCC(C)(NC(=O)C1CC(Oc2cnc3ccccc3n2)CN1C(=O)C(NC(=O)OC(C)(C)C)C(C)(C)C)C(=O)NS(=O)(=O)C1CC1. The molecule has 1 aliphatic carbocycles. The molecule has 1 saturated heterocycles. The molecule has 262 valence electrons. The Labute approximate surface area is 281 Å². The van der Waals surface area contributed by atoms with Crippen molar-refractivity contribution < 1.29 is 37.1 Å². The number of carbonyl (C=O) groups is 4. The number of nitrogens with zero attached hydrogens (tertiary/aromatic N) is 3. The van der Waals surface area contributed by atoms with Gasteiger partial charge in [-0.2, -0.15) is 0 Å². The number of likely N-dealkylation sites (tertiary alicyclic amines) is 1. The molecule has 14 nitrogen and oxygen atoms in total. The van der Waals surface area contributed by atoms with Crippen LogP contribution in [0.15, 0.2) is 43.1 Å². The van der Waals surface area contributed by atoms with Crippen molar-refractivity contribution >= 4 is 44.9 Å². The zero-order chi connectivity index (χ0) is 35.7. The summed E-state index contributed by atoms with van der Waals surface area (Å²) in [4.78, 5) is 64.7. The number of aromatic nitrogens is 2. The van der Waals surface area contributed by atoms with Crippen LogP contribution in [0.2, 0.25) is 0 Å². The fourth-order valence-electron chi connectivity index (χ4n) is 5.33. The van der Waals surface area contributed by atoms with Gasteiger partial charge in [0.05, 0.1) is 29.0 Å². The summed E-state index contributed by atoms with van der Waals surface area (Å²) in [6.07, 6.45) is 2.12. The number of carbonyl (C=O) groups excluding carboxylic acids is 4. The molecule has 1 aromatic carbocycles. The number of sulfonamides is 1. The first kappa shape index (κ1) is 36.6. The predicted molar refractivity (Wildman–Crippen MR) is 178 cm³/mol. The second kappa shape index (κ2) is 13.7. The molecule has 2 heterocycles. The van der Waals surface area contributed by atoms with Crippen LogP contribution in [-0.4, -0.2) is 88.2 Å². The molecule has 4 atom stereocenters. The van der Waals surface area contributed by atoms with E-state index in [1.54, 1.807) is 53.7 Å². The van der Waals surface area contributed by atoms with E-state index in [4.69, 9.17) is 9.47 Å². The van der Waals surface area contributed by atoms with Gasteiger partial charge in [0.15, 0.2) is 0 Å². The van der Waals surface area contributed by atoms with Crippen molar-refractivity contribution in [3.8, 4) is 5.88 Å². The van der Waals surface area contributed by atoms with Gasteiger partial charge in [-0.05, 0) is 64.5 Å². The molecule has 4 rings (SSSR count). The molecule has 2 aliphatic rings. The lowest BCUT2D eigenvalue weighted by atomic mass is 9.85. The Morgan fingerprint density at radius 3 is 2.29 bits per heavy atom. The molecular formula is C33H46N6O8S. The van der Waals surface area contributed by atoms with E-state index in [1.165, 1.54) is 24.1 Å². The topological polar surface area (TPSA) is 186 Å². The summed E-state index contributed by atoms with van der Waals surface area (Å²) in [6, 6.07) is 4.94. The van der Waals surface area contributed by atoms with Crippen LogP contribution in [0.4, 0.5) is 4.79 Å². The molecule has 2 fully saturated rings. The minimum Gasteiger partial charge on any atom is -0.471 e. The van der Waals surface area contributed by atoms with Gasteiger partial charge in [0, 0.05) is 6.42 Å². The zero-order valence-corrected chi connectivity index (χ0v) is 29.3. The van der Waals surface area contributed by atoms with Gasteiger partial charge >= 0.3 is 6.09 Å². The van der Waals surface area contributed by atoms with Gasteiger partial charge < -0.3 is 25.0 Å². The van der Waals surface area contributed by atoms with Gasteiger partial charge in [0.2, 0.25) is 27.7 Å². The molecule has 15 heteroatoms. The second-order valence-electron chi connectivity index (χ2n) is 14.6. The van der Waals surface area contributed by atoms with E-state index >= 15 is 0 Å². The van der Waals surface area contributed by atoms with Crippen LogP contribution >= 0.6 is 0 Å². The van der Waals surface area contributed by atoms with Crippen molar-refractivity contribution in [2.75, 3.05) is 6.54 Å². The minimum atomic E-state index is -3.91. The Kier molecular flexibility index (Phi) is 10.4. The third kappa shape index (κ3) is 8.99. The molecule has 0 bridgehead atoms. The van der Waals surface area contributed by atoms with Gasteiger partial charge in [-0.1, -0.05) is 39.0 Å². The summed E-state index contributed by atoms with van der Waals surface area (Å²) < 4.78 is 38.8. The standard InChI is InChI=1S/C33H46N6O8S/c1-9-16-33(8,29(42)38-48(44,45)21-14-15-21)37-27(40)24-17-20(46-25-18-34-22-12-10-11-13-23(22)35-25)19-39(24)28(41)26(31(2,3)4)36-30(43)47-32(5,6)7/h9-13,18,20-21,24,26H,1,14-17,19H2,2-8H3,(H,36,43)(H,37,40)(H,38,42). The molecule has 4 amide bonds. The van der Waals surface area contributed by atoms with Gasteiger partial charge in [-0.25, -0.2) is 23.2 Å². The highest BCUT2D eigenvalue weighted by Gasteiger charge is 2.48. The van der Waals surface area contributed by atoms with Crippen LogP contribution in [0.1, 0.15) is 74.1 Å². The number of amides is 4. The highest BCUT2D eigenvalue weighted by atomic mass is 32.2. The van der Waals surface area contributed by atoms with E-state index in [1.807, 2.05) is 12.1 Å². The molecule has 0 radical (unpaired) electrons. The second-order valence-corrected chi connectivity index (χ2v) is 16.6. The quantitative estimate of drug-likeness (QED) is 0.297. The number of fused-ring (bicyclic) bond motifs is 1. The summed E-state index contributed by atoms with van der Waals surface area (Å²) in [5.74, 6) is -2.02. The third-order valence-electron chi connectivity index (χ3n) is 7.99. The van der Waals surface area contributed by atoms with Crippen LogP contribution in [0.3, 0.4) is 0 Å². The summed E-state index contributed by atoms with van der Waals surface area (Å²) in [5.41, 5.74) is -2.09. The van der Waals surface area contributed by atoms with Gasteiger partial charge in [0.1, 0.15) is 29.3 Å². The fourth-order valence-corrected chi connectivity index (χ4v) is 6.74. The maximum atomic E-state index is 14.3. The van der Waals surface area contributed by atoms with Crippen molar-refractivity contribution in [3.63, 3.8) is 0 Å². The van der Waals surface area contributed by atoms with E-state index in [9.17, 15) is 27.6 Å². The molecule has 2 aromatic rings. The molecule has 0 spiro atoms. The van der Waals surface area contributed by atoms with Crippen LogP contribution in [-0.2, 0) is 29.1 Å². The number of nitrogens with one attached hydrogen (secondary N) is 3. The minimum absolute atomic E-state index is 0.00153. The summed E-state index contributed by atoms with van der Waals surface area (Å²) >= 11 is 0. The lowest BCUT2D eigenvalue weighted by molar-refractivity contribution is -0.143. The van der Waals surface area contributed by atoms with Crippen LogP contribution in [0.25, 0.3) is 11.0 Å². The van der Waals surface area contributed by atoms with Crippen molar-refractivity contribution in [3.05, 3.63) is 43.1 Å². The van der Waals surface area contributed by atoms with E-state index in [-0.39, 0.29) is 25.3 Å². The lowest BCUT2D eigenvalue weighted by Crippen LogP contribution is -2.62. The number of para-hydroxylation sites is 2. The number of hydrogen-bond donors (Lipinski definition) is 3. The van der Waals surface area contributed by atoms with Crippen molar-refractivity contribution in [1.82, 2.24) is 30.2 Å². The molecular weight excluding hydrogens is 640 g/mol.